The van der Waals surface area contributed by atoms with Gasteiger partial charge in [-0.3, -0.25) is 4.79 Å². The van der Waals surface area contributed by atoms with Gasteiger partial charge in [0.05, 0.1) is 23.6 Å². The molecular formula is C26H28N2O4S. The van der Waals surface area contributed by atoms with Crippen LogP contribution in [0.4, 0.5) is 0 Å². The van der Waals surface area contributed by atoms with E-state index in [1.165, 1.54) is 19.2 Å². The molecule has 0 spiro atoms. The number of hydrogen-bond acceptors (Lipinski definition) is 4. The Bertz CT molecular complexity index is 1150. The van der Waals surface area contributed by atoms with E-state index in [9.17, 15) is 13.2 Å². The number of sulfonamides is 1. The molecule has 7 heteroatoms. The highest BCUT2D eigenvalue weighted by Gasteiger charge is 2.27. The molecule has 33 heavy (non-hydrogen) atoms. The van der Waals surface area contributed by atoms with Crippen molar-refractivity contribution in [2.75, 3.05) is 20.2 Å². The van der Waals surface area contributed by atoms with Crippen LogP contribution in [0.2, 0.25) is 0 Å². The highest BCUT2D eigenvalue weighted by atomic mass is 32.2. The van der Waals surface area contributed by atoms with Crippen molar-refractivity contribution in [2.24, 2.45) is 0 Å². The Kier molecular flexibility index (Phi) is 7.11. The molecular weight excluding hydrogens is 436 g/mol. The third-order valence-corrected chi connectivity index (χ3v) is 7.31. The standard InChI is InChI=1S/C26H28N2O4S/c1-32-24-16-15-22(19-23(24)26(29)28-17-9-4-10-18-28)33(30,31)27-25(20-11-5-2-6-12-20)21-13-7-3-8-14-21/h2-3,5-8,11-16,19,25,27H,4,9-10,17-18H2,1H3. The van der Waals surface area contributed by atoms with Crippen LogP contribution < -0.4 is 9.46 Å². The van der Waals surface area contributed by atoms with Gasteiger partial charge in [0.2, 0.25) is 10.0 Å². The van der Waals surface area contributed by atoms with E-state index in [2.05, 4.69) is 4.72 Å². The van der Waals surface area contributed by atoms with E-state index in [1.54, 1.807) is 11.0 Å². The second kappa shape index (κ2) is 10.2. The number of amides is 1. The normalized spacial score (nSPS) is 14.3. The van der Waals surface area contributed by atoms with E-state index < -0.39 is 16.1 Å². The van der Waals surface area contributed by atoms with Crippen LogP contribution in [0, 0.1) is 0 Å². The monoisotopic (exact) mass is 464 g/mol. The molecule has 1 N–H and O–H groups in total. The molecule has 0 aliphatic carbocycles. The molecule has 0 bridgehead atoms. The third kappa shape index (κ3) is 5.26. The average molecular weight is 465 g/mol. The van der Waals surface area contributed by atoms with Crippen LogP contribution in [-0.4, -0.2) is 39.4 Å². The highest BCUT2D eigenvalue weighted by Crippen LogP contribution is 2.28. The van der Waals surface area contributed by atoms with Gasteiger partial charge in [-0.25, -0.2) is 8.42 Å². The molecule has 1 saturated heterocycles. The Morgan fingerprint density at radius 2 is 1.45 bits per heavy atom. The summed E-state index contributed by atoms with van der Waals surface area (Å²) >= 11 is 0. The van der Waals surface area contributed by atoms with Gasteiger partial charge < -0.3 is 9.64 Å². The lowest BCUT2D eigenvalue weighted by Gasteiger charge is -2.27. The van der Waals surface area contributed by atoms with Crippen molar-refractivity contribution in [2.45, 2.75) is 30.2 Å². The smallest absolute Gasteiger partial charge is 0.257 e. The van der Waals surface area contributed by atoms with Gasteiger partial charge in [-0.1, -0.05) is 60.7 Å². The maximum atomic E-state index is 13.5. The molecule has 0 saturated carbocycles. The van der Waals surface area contributed by atoms with E-state index in [1.807, 2.05) is 60.7 Å². The Balaban J connectivity index is 1.69. The lowest BCUT2D eigenvalue weighted by Crippen LogP contribution is -2.36. The zero-order chi connectivity index (χ0) is 23.3. The minimum atomic E-state index is -3.94. The highest BCUT2D eigenvalue weighted by molar-refractivity contribution is 7.89. The molecule has 4 rings (SSSR count). The number of ether oxygens (including phenoxy) is 1. The number of carbonyl (C=O) groups excluding carboxylic acids is 1. The maximum absolute atomic E-state index is 13.5. The summed E-state index contributed by atoms with van der Waals surface area (Å²) in [4.78, 5) is 14.9. The number of nitrogens with zero attached hydrogens (tertiary/aromatic N) is 1. The van der Waals surface area contributed by atoms with Crippen LogP contribution in [0.25, 0.3) is 0 Å². The van der Waals surface area contributed by atoms with Gasteiger partial charge in [-0.05, 0) is 48.6 Å². The van der Waals surface area contributed by atoms with Crippen molar-refractivity contribution < 1.29 is 17.9 Å². The lowest BCUT2D eigenvalue weighted by molar-refractivity contribution is 0.0720. The number of nitrogens with one attached hydrogen (secondary N) is 1. The minimum absolute atomic E-state index is 0.0283. The summed E-state index contributed by atoms with van der Waals surface area (Å²) in [6, 6.07) is 22.7. The summed E-state index contributed by atoms with van der Waals surface area (Å²) in [6.07, 6.45) is 2.99. The maximum Gasteiger partial charge on any atom is 0.257 e. The largest absolute Gasteiger partial charge is 0.496 e. The molecule has 1 aliphatic rings. The van der Waals surface area contributed by atoms with Gasteiger partial charge in [0.1, 0.15) is 5.75 Å². The fraction of sp³-hybridized carbons (Fsp3) is 0.269. The summed E-state index contributed by atoms with van der Waals surface area (Å²) in [5, 5.41) is 0. The Morgan fingerprint density at radius 1 is 0.879 bits per heavy atom. The molecule has 3 aromatic rings. The van der Waals surface area contributed by atoms with E-state index in [4.69, 9.17) is 4.74 Å². The second-order valence-electron chi connectivity index (χ2n) is 8.09. The van der Waals surface area contributed by atoms with E-state index in [0.717, 1.165) is 30.4 Å². The van der Waals surface area contributed by atoms with Crippen molar-refractivity contribution in [3.8, 4) is 5.75 Å². The van der Waals surface area contributed by atoms with Crippen molar-refractivity contribution in [1.29, 1.82) is 0 Å². The number of hydrogen-bond donors (Lipinski definition) is 1. The van der Waals surface area contributed by atoms with Crippen molar-refractivity contribution in [3.63, 3.8) is 0 Å². The number of benzene rings is 3. The minimum Gasteiger partial charge on any atom is -0.496 e. The molecule has 1 fully saturated rings. The van der Waals surface area contributed by atoms with Gasteiger partial charge in [-0.2, -0.15) is 4.72 Å². The van der Waals surface area contributed by atoms with Crippen molar-refractivity contribution in [1.82, 2.24) is 9.62 Å². The zero-order valence-corrected chi connectivity index (χ0v) is 19.4. The molecule has 1 amide bonds. The summed E-state index contributed by atoms with van der Waals surface area (Å²) in [5.74, 6) is 0.165. The molecule has 1 heterocycles. The van der Waals surface area contributed by atoms with Gasteiger partial charge in [-0.15, -0.1) is 0 Å². The number of likely N-dealkylation sites (tertiary alicyclic amines) is 1. The molecule has 6 nitrogen and oxygen atoms in total. The summed E-state index contributed by atoms with van der Waals surface area (Å²) in [6.45, 7) is 1.34. The average Bonchev–Trinajstić information content (AvgIpc) is 2.88. The fourth-order valence-electron chi connectivity index (χ4n) is 4.13. The van der Waals surface area contributed by atoms with Gasteiger partial charge in [0, 0.05) is 13.1 Å². The topological polar surface area (TPSA) is 75.7 Å². The Labute approximate surface area is 195 Å². The molecule has 1 aliphatic heterocycles. The van der Waals surface area contributed by atoms with Crippen molar-refractivity contribution >= 4 is 15.9 Å². The molecule has 0 atom stereocenters. The first kappa shape index (κ1) is 23.0. The van der Waals surface area contributed by atoms with Crippen LogP contribution >= 0.6 is 0 Å². The van der Waals surface area contributed by atoms with E-state index >= 15 is 0 Å². The predicted molar refractivity (Wildman–Crippen MR) is 128 cm³/mol. The molecule has 0 radical (unpaired) electrons. The first-order valence-electron chi connectivity index (χ1n) is 11.1. The number of rotatable bonds is 7. The first-order valence-corrected chi connectivity index (χ1v) is 12.6. The molecule has 172 valence electrons. The summed E-state index contributed by atoms with van der Waals surface area (Å²) < 4.78 is 35.1. The van der Waals surface area contributed by atoms with Crippen LogP contribution in [0.3, 0.4) is 0 Å². The van der Waals surface area contributed by atoms with E-state index in [0.29, 0.717) is 18.8 Å². The lowest BCUT2D eigenvalue weighted by atomic mass is 10.00. The van der Waals surface area contributed by atoms with Gasteiger partial charge in [0.15, 0.2) is 0 Å². The number of piperidine rings is 1. The van der Waals surface area contributed by atoms with Crippen LogP contribution in [-0.2, 0) is 10.0 Å². The second-order valence-corrected chi connectivity index (χ2v) is 9.80. The first-order chi connectivity index (χ1) is 16.0. The quantitative estimate of drug-likeness (QED) is 0.563. The Hall–Kier alpha value is -3.16. The molecule has 0 aromatic heterocycles. The SMILES string of the molecule is COc1ccc(S(=O)(=O)NC(c2ccccc2)c2ccccc2)cc1C(=O)N1CCCCC1. The fourth-order valence-corrected chi connectivity index (χ4v) is 5.37. The van der Waals surface area contributed by atoms with Crippen LogP contribution in [0.5, 0.6) is 5.75 Å². The molecule has 0 unspecified atom stereocenters. The van der Waals surface area contributed by atoms with Crippen LogP contribution in [0.1, 0.15) is 46.8 Å². The summed E-state index contributed by atoms with van der Waals surface area (Å²) in [5.41, 5.74) is 1.91. The van der Waals surface area contributed by atoms with Crippen LogP contribution in [0.15, 0.2) is 83.8 Å². The Morgan fingerprint density at radius 3 is 2.00 bits per heavy atom. The van der Waals surface area contributed by atoms with Crippen molar-refractivity contribution in [3.05, 3.63) is 95.6 Å². The van der Waals surface area contributed by atoms with E-state index in [-0.39, 0.29) is 16.4 Å². The number of methoxy groups -OCH3 is 1. The third-order valence-electron chi connectivity index (χ3n) is 5.89. The zero-order valence-electron chi connectivity index (χ0n) is 18.6. The summed E-state index contributed by atoms with van der Waals surface area (Å²) in [7, 11) is -2.46. The predicted octanol–water partition coefficient (Wildman–Crippen LogP) is 4.39. The molecule has 3 aromatic carbocycles. The number of carbonyl (C=O) groups is 1. The van der Waals surface area contributed by atoms with Gasteiger partial charge in [0.25, 0.3) is 5.91 Å². The van der Waals surface area contributed by atoms with Gasteiger partial charge >= 0.3 is 0 Å².